The molecule has 0 saturated carbocycles. The molecule has 110 valence electrons. The molecule has 0 spiro atoms. The fourth-order valence-corrected chi connectivity index (χ4v) is 3.50. The number of nitrogens with one attached hydrogen (secondary N) is 1. The molecule has 4 heteroatoms. The summed E-state index contributed by atoms with van der Waals surface area (Å²) in [6, 6.07) is 4.76. The first-order chi connectivity index (χ1) is 9.49. The quantitative estimate of drug-likeness (QED) is 0.868. The van der Waals surface area contributed by atoms with Gasteiger partial charge in [0.2, 0.25) is 0 Å². The molecule has 2 aromatic heterocycles. The first-order valence-corrected chi connectivity index (χ1v) is 8.16. The van der Waals surface area contributed by atoms with Gasteiger partial charge in [-0.15, -0.1) is 11.3 Å². The van der Waals surface area contributed by atoms with Crippen molar-refractivity contribution >= 4 is 11.3 Å². The van der Waals surface area contributed by atoms with Crippen molar-refractivity contribution in [1.82, 2.24) is 15.1 Å². The van der Waals surface area contributed by atoms with Gasteiger partial charge in [-0.1, -0.05) is 33.8 Å². The molecule has 0 amide bonds. The zero-order valence-electron chi connectivity index (χ0n) is 13.1. The van der Waals surface area contributed by atoms with Gasteiger partial charge < -0.3 is 5.32 Å². The molecule has 0 aliphatic carbocycles. The predicted molar refractivity (Wildman–Crippen MR) is 86.0 cm³/mol. The Bertz CT molecular complexity index is 526. The van der Waals surface area contributed by atoms with Crippen LogP contribution >= 0.6 is 11.3 Å². The summed E-state index contributed by atoms with van der Waals surface area (Å²) >= 11 is 1.83. The molecule has 0 aliphatic heterocycles. The minimum Gasteiger partial charge on any atom is -0.305 e. The van der Waals surface area contributed by atoms with E-state index in [2.05, 4.69) is 61.8 Å². The van der Waals surface area contributed by atoms with Gasteiger partial charge in [0.05, 0.1) is 5.69 Å². The maximum absolute atomic E-state index is 4.57. The van der Waals surface area contributed by atoms with Crippen molar-refractivity contribution in [3.63, 3.8) is 0 Å². The standard InChI is InChI=1S/C16H25N3S/c1-11(2)15-13(10-19(5)18-15)9-17-16(12(3)4)14-7-6-8-20-14/h6-8,10-12,16-17H,9H2,1-5H3. The van der Waals surface area contributed by atoms with Gasteiger partial charge >= 0.3 is 0 Å². The van der Waals surface area contributed by atoms with Crippen molar-refractivity contribution in [1.29, 1.82) is 0 Å². The van der Waals surface area contributed by atoms with Crippen LogP contribution in [0.3, 0.4) is 0 Å². The first kappa shape index (κ1) is 15.3. The molecule has 0 fully saturated rings. The molecule has 2 aromatic rings. The van der Waals surface area contributed by atoms with Gasteiger partial charge in [0, 0.05) is 36.3 Å². The molecular formula is C16H25N3S. The number of aromatic nitrogens is 2. The molecule has 20 heavy (non-hydrogen) atoms. The largest absolute Gasteiger partial charge is 0.305 e. The summed E-state index contributed by atoms with van der Waals surface area (Å²) in [6.07, 6.45) is 2.13. The van der Waals surface area contributed by atoms with Crippen LogP contribution in [0.5, 0.6) is 0 Å². The first-order valence-electron chi connectivity index (χ1n) is 7.28. The van der Waals surface area contributed by atoms with Gasteiger partial charge in [-0.2, -0.15) is 5.10 Å². The summed E-state index contributed by atoms with van der Waals surface area (Å²) < 4.78 is 1.92. The lowest BCUT2D eigenvalue weighted by atomic mass is 10.0. The zero-order valence-corrected chi connectivity index (χ0v) is 13.9. The van der Waals surface area contributed by atoms with E-state index in [1.54, 1.807) is 0 Å². The van der Waals surface area contributed by atoms with Crippen LogP contribution < -0.4 is 5.32 Å². The van der Waals surface area contributed by atoms with Crippen LogP contribution in [0.4, 0.5) is 0 Å². The monoisotopic (exact) mass is 291 g/mol. The third kappa shape index (κ3) is 3.49. The number of hydrogen-bond donors (Lipinski definition) is 1. The highest BCUT2D eigenvalue weighted by Crippen LogP contribution is 2.27. The molecule has 1 unspecified atom stereocenters. The summed E-state index contributed by atoms with van der Waals surface area (Å²) in [5, 5.41) is 10.4. The second-order valence-electron chi connectivity index (χ2n) is 5.99. The van der Waals surface area contributed by atoms with E-state index in [1.165, 1.54) is 16.1 Å². The van der Waals surface area contributed by atoms with Crippen molar-refractivity contribution in [3.05, 3.63) is 39.8 Å². The summed E-state index contributed by atoms with van der Waals surface area (Å²) in [6.45, 7) is 9.81. The number of nitrogens with zero attached hydrogens (tertiary/aromatic N) is 2. The van der Waals surface area contributed by atoms with Crippen LogP contribution in [0.2, 0.25) is 0 Å². The Kier molecular flexibility index (Phi) is 5.00. The Morgan fingerprint density at radius 1 is 1.30 bits per heavy atom. The van der Waals surface area contributed by atoms with E-state index >= 15 is 0 Å². The van der Waals surface area contributed by atoms with Crippen LogP contribution in [0.25, 0.3) is 0 Å². The molecule has 1 atom stereocenters. The molecule has 3 nitrogen and oxygen atoms in total. The normalized spacial score (nSPS) is 13.3. The molecule has 0 aromatic carbocycles. The van der Waals surface area contributed by atoms with Crippen LogP contribution in [0.1, 0.15) is 55.8 Å². The van der Waals surface area contributed by atoms with E-state index in [0.717, 1.165) is 6.54 Å². The van der Waals surface area contributed by atoms with Crippen molar-refractivity contribution in [2.45, 2.75) is 46.2 Å². The SMILES string of the molecule is CC(C)c1nn(C)cc1CNC(c1cccs1)C(C)C. The van der Waals surface area contributed by atoms with Gasteiger partial charge in [0.25, 0.3) is 0 Å². The smallest absolute Gasteiger partial charge is 0.0694 e. The van der Waals surface area contributed by atoms with Crippen LogP contribution in [0.15, 0.2) is 23.7 Å². The third-order valence-corrected chi connectivity index (χ3v) is 4.47. The number of rotatable bonds is 6. The van der Waals surface area contributed by atoms with Crippen molar-refractivity contribution < 1.29 is 0 Å². The molecule has 0 saturated heterocycles. The Morgan fingerprint density at radius 2 is 2.05 bits per heavy atom. The predicted octanol–water partition coefficient (Wildman–Crippen LogP) is 4.09. The molecule has 2 heterocycles. The molecule has 1 N–H and O–H groups in total. The lowest BCUT2D eigenvalue weighted by molar-refractivity contribution is 0.415. The second kappa shape index (κ2) is 6.55. The van der Waals surface area contributed by atoms with E-state index in [9.17, 15) is 0 Å². The summed E-state index contributed by atoms with van der Waals surface area (Å²) in [7, 11) is 1.99. The van der Waals surface area contributed by atoms with Gasteiger partial charge in [0.15, 0.2) is 0 Å². The van der Waals surface area contributed by atoms with Gasteiger partial charge in [0.1, 0.15) is 0 Å². The molecule has 2 rings (SSSR count). The Labute approximate surface area is 126 Å². The lowest BCUT2D eigenvalue weighted by Gasteiger charge is -2.21. The average molecular weight is 291 g/mol. The van der Waals surface area contributed by atoms with Crippen molar-refractivity contribution in [3.8, 4) is 0 Å². The Balaban J connectivity index is 2.10. The maximum atomic E-state index is 4.57. The fraction of sp³-hybridized carbons (Fsp3) is 0.562. The highest BCUT2D eigenvalue weighted by Gasteiger charge is 2.18. The minimum atomic E-state index is 0.412. The summed E-state index contributed by atoms with van der Waals surface area (Å²) in [4.78, 5) is 1.41. The average Bonchev–Trinajstić information content (AvgIpc) is 2.98. The molecule has 0 bridgehead atoms. The van der Waals surface area contributed by atoms with Crippen LogP contribution in [-0.4, -0.2) is 9.78 Å². The Morgan fingerprint density at radius 3 is 2.60 bits per heavy atom. The van der Waals surface area contributed by atoms with Gasteiger partial charge in [-0.25, -0.2) is 0 Å². The number of thiophene rings is 1. The topological polar surface area (TPSA) is 29.9 Å². The van der Waals surface area contributed by atoms with Gasteiger partial charge in [-0.3, -0.25) is 4.68 Å². The fourth-order valence-electron chi connectivity index (χ4n) is 2.53. The van der Waals surface area contributed by atoms with E-state index in [1.807, 2.05) is 23.1 Å². The minimum absolute atomic E-state index is 0.412. The third-order valence-electron chi connectivity index (χ3n) is 3.51. The van der Waals surface area contributed by atoms with Crippen molar-refractivity contribution in [2.75, 3.05) is 0 Å². The second-order valence-corrected chi connectivity index (χ2v) is 6.97. The van der Waals surface area contributed by atoms with Gasteiger partial charge in [-0.05, 0) is 23.3 Å². The lowest BCUT2D eigenvalue weighted by Crippen LogP contribution is -2.25. The molecular weight excluding hydrogens is 266 g/mol. The summed E-state index contributed by atoms with van der Waals surface area (Å²) in [5.74, 6) is 1.04. The van der Waals surface area contributed by atoms with E-state index < -0.39 is 0 Å². The Hall–Kier alpha value is -1.13. The van der Waals surface area contributed by atoms with E-state index in [4.69, 9.17) is 0 Å². The van der Waals surface area contributed by atoms with E-state index in [-0.39, 0.29) is 0 Å². The van der Waals surface area contributed by atoms with Crippen molar-refractivity contribution in [2.24, 2.45) is 13.0 Å². The van der Waals surface area contributed by atoms with Crippen LogP contribution in [-0.2, 0) is 13.6 Å². The maximum Gasteiger partial charge on any atom is 0.0694 e. The molecule has 0 aliphatic rings. The van der Waals surface area contributed by atoms with Crippen LogP contribution in [0, 0.1) is 5.92 Å². The highest BCUT2D eigenvalue weighted by molar-refractivity contribution is 7.10. The number of hydrogen-bond acceptors (Lipinski definition) is 3. The zero-order chi connectivity index (χ0) is 14.7. The van der Waals surface area contributed by atoms with E-state index in [0.29, 0.717) is 17.9 Å². The summed E-state index contributed by atoms with van der Waals surface area (Å²) in [5.41, 5.74) is 2.51. The molecule has 0 radical (unpaired) electrons. The highest BCUT2D eigenvalue weighted by atomic mass is 32.1. The number of aryl methyl sites for hydroxylation is 1.